The molecule has 0 aliphatic carbocycles. The third-order valence-corrected chi connectivity index (χ3v) is 5.41. The molecule has 12 heteroatoms. The van der Waals surface area contributed by atoms with E-state index in [0.29, 0.717) is 17.9 Å². The normalized spacial score (nSPS) is 16.0. The number of likely N-dealkylation sites (tertiary alicyclic amines) is 1. The molecule has 0 atom stereocenters. The van der Waals surface area contributed by atoms with Crippen LogP contribution in [0.1, 0.15) is 12.8 Å². The number of halogens is 3. The number of imidazole rings is 1. The Labute approximate surface area is 188 Å². The first-order valence-electron chi connectivity index (χ1n) is 10.6. The number of anilines is 2. The number of piperidine rings is 1. The Bertz CT molecular complexity index is 1250. The van der Waals surface area contributed by atoms with Gasteiger partial charge >= 0.3 is 0 Å². The fraction of sp³-hybridized carbons (Fsp3) is 0.429. The number of nitrogens with zero attached hydrogens (tertiary/aromatic N) is 7. The van der Waals surface area contributed by atoms with Crippen LogP contribution >= 0.6 is 0 Å². The van der Waals surface area contributed by atoms with Crippen LogP contribution in [-0.4, -0.2) is 73.8 Å². The highest BCUT2D eigenvalue weighted by atomic mass is 19.3. The smallest absolute Gasteiger partial charge is 0.260 e. The van der Waals surface area contributed by atoms with E-state index in [2.05, 4.69) is 25.4 Å². The number of fused-ring (bicyclic) bond motifs is 2. The molecule has 0 spiro atoms. The van der Waals surface area contributed by atoms with Crippen molar-refractivity contribution in [2.45, 2.75) is 25.3 Å². The molecule has 0 aromatic carbocycles. The van der Waals surface area contributed by atoms with Gasteiger partial charge in [-0.05, 0) is 38.2 Å². The molecular formula is C21H26F3N9. The van der Waals surface area contributed by atoms with Gasteiger partial charge in [0.15, 0.2) is 11.5 Å². The molecule has 1 saturated heterocycles. The second-order valence-corrected chi connectivity index (χ2v) is 7.95. The molecule has 3 N–H and O–H groups in total. The number of aromatic nitrogens is 6. The molecule has 0 bridgehead atoms. The zero-order valence-corrected chi connectivity index (χ0v) is 18.5. The van der Waals surface area contributed by atoms with Crippen LogP contribution in [0.15, 0.2) is 30.7 Å². The summed E-state index contributed by atoms with van der Waals surface area (Å²) in [7, 11) is 3.50. The van der Waals surface area contributed by atoms with E-state index in [1.165, 1.54) is 0 Å². The highest BCUT2D eigenvalue weighted by Gasteiger charge is 2.33. The zero-order valence-electron chi connectivity index (χ0n) is 18.5. The summed E-state index contributed by atoms with van der Waals surface area (Å²) in [5, 5.41) is 7.20. The minimum absolute atomic E-state index is 0.0625. The molecule has 4 aromatic heterocycles. The van der Waals surface area contributed by atoms with Gasteiger partial charge in [0.1, 0.15) is 17.7 Å². The summed E-state index contributed by atoms with van der Waals surface area (Å²) < 4.78 is 40.9. The summed E-state index contributed by atoms with van der Waals surface area (Å²) in [5.74, 6) is -1.63. The van der Waals surface area contributed by atoms with Gasteiger partial charge in [-0.1, -0.05) is 0 Å². The maximum Gasteiger partial charge on any atom is 0.260 e. The van der Waals surface area contributed by atoms with Crippen LogP contribution in [0.2, 0.25) is 0 Å². The molecule has 1 fully saturated rings. The van der Waals surface area contributed by atoms with Crippen LogP contribution in [0.3, 0.4) is 0 Å². The number of hydrogen-bond acceptors (Lipinski definition) is 7. The van der Waals surface area contributed by atoms with Crippen LogP contribution in [0.25, 0.3) is 27.9 Å². The molecule has 0 amide bonds. The number of aryl methyl sites for hydroxylation is 1. The van der Waals surface area contributed by atoms with Gasteiger partial charge in [0.05, 0.1) is 25.1 Å². The second kappa shape index (κ2) is 9.22. The van der Waals surface area contributed by atoms with E-state index in [4.69, 9.17) is 5.73 Å². The number of hydrogen-bond donors (Lipinski definition) is 2. The number of pyridine rings is 1. The van der Waals surface area contributed by atoms with Crippen molar-refractivity contribution >= 4 is 28.4 Å². The number of nitrogens with one attached hydrogen (secondary N) is 1. The first-order valence-corrected chi connectivity index (χ1v) is 10.6. The Morgan fingerprint density at radius 3 is 2.70 bits per heavy atom. The Hall–Kier alpha value is -3.41. The van der Waals surface area contributed by atoms with Gasteiger partial charge in [-0.2, -0.15) is 4.98 Å². The van der Waals surface area contributed by atoms with Crippen molar-refractivity contribution in [3.63, 3.8) is 0 Å². The molecule has 0 saturated carbocycles. The lowest BCUT2D eigenvalue weighted by molar-refractivity contribution is -0.0571. The summed E-state index contributed by atoms with van der Waals surface area (Å²) in [5.41, 5.74) is 9.45. The summed E-state index contributed by atoms with van der Waals surface area (Å²) in [6.07, 6.45) is 4.09. The van der Waals surface area contributed by atoms with Crippen LogP contribution in [-0.2, 0) is 6.54 Å². The Morgan fingerprint density at radius 2 is 2.03 bits per heavy atom. The summed E-state index contributed by atoms with van der Waals surface area (Å²) in [6, 6.07) is 5.64. The standard InChI is InChI=1S/C15H15FN8.C6H11F2N/c1-18-13-12-9(4-6-24(12)22-15(17)21-13)10-2-3-11-14(20-10)23(7-5-16)8-19-11;1-9-4-2-3-6(7,8)5-9/h2-4,6,8H,5,7H2,1H3,(H3,17,18,21,22);2-5H2,1H3. The minimum atomic E-state index is -2.42. The lowest BCUT2D eigenvalue weighted by atomic mass is 10.1. The number of alkyl halides is 3. The molecule has 1 aliphatic heterocycles. The molecule has 33 heavy (non-hydrogen) atoms. The van der Waals surface area contributed by atoms with Crippen molar-refractivity contribution < 1.29 is 13.2 Å². The van der Waals surface area contributed by atoms with E-state index in [1.807, 2.05) is 18.2 Å². The Kier molecular flexibility index (Phi) is 6.36. The fourth-order valence-electron chi connectivity index (χ4n) is 3.93. The predicted molar refractivity (Wildman–Crippen MR) is 121 cm³/mol. The zero-order chi connectivity index (χ0) is 23.6. The number of rotatable bonds is 4. The molecular weight excluding hydrogens is 435 g/mol. The first kappa shape index (κ1) is 22.8. The highest BCUT2D eigenvalue weighted by Crippen LogP contribution is 2.29. The lowest BCUT2D eigenvalue weighted by Gasteiger charge is -2.28. The van der Waals surface area contributed by atoms with E-state index >= 15 is 0 Å². The summed E-state index contributed by atoms with van der Waals surface area (Å²) >= 11 is 0. The van der Waals surface area contributed by atoms with Crippen molar-refractivity contribution in [3.05, 3.63) is 30.7 Å². The predicted octanol–water partition coefficient (Wildman–Crippen LogP) is 3.08. The molecule has 0 radical (unpaired) electrons. The van der Waals surface area contributed by atoms with Crippen molar-refractivity contribution in [1.29, 1.82) is 0 Å². The Balaban J connectivity index is 0.000000243. The lowest BCUT2D eigenvalue weighted by Crippen LogP contribution is -2.39. The van der Waals surface area contributed by atoms with E-state index in [0.717, 1.165) is 28.8 Å². The van der Waals surface area contributed by atoms with Gasteiger partial charge in [-0.3, -0.25) is 0 Å². The van der Waals surface area contributed by atoms with Crippen LogP contribution < -0.4 is 11.1 Å². The molecule has 4 aromatic rings. The Morgan fingerprint density at radius 1 is 1.21 bits per heavy atom. The quantitative estimate of drug-likeness (QED) is 0.482. The first-order chi connectivity index (χ1) is 15.8. The SMILES string of the molecule is CN1CCCC(F)(F)C1.CNc1nc(N)nn2ccc(-c3ccc4ncn(CCF)c4n3)c12. The van der Waals surface area contributed by atoms with Gasteiger partial charge in [0.2, 0.25) is 5.95 Å². The largest absolute Gasteiger partial charge is 0.371 e. The molecule has 5 heterocycles. The van der Waals surface area contributed by atoms with Crippen molar-refractivity contribution in [1.82, 2.24) is 34.0 Å². The van der Waals surface area contributed by atoms with Crippen LogP contribution in [0.5, 0.6) is 0 Å². The second-order valence-electron chi connectivity index (χ2n) is 7.95. The van der Waals surface area contributed by atoms with E-state index < -0.39 is 12.6 Å². The molecule has 176 valence electrons. The fourth-order valence-corrected chi connectivity index (χ4v) is 3.93. The molecule has 1 aliphatic rings. The minimum Gasteiger partial charge on any atom is -0.371 e. The van der Waals surface area contributed by atoms with Gasteiger partial charge in [-0.15, -0.1) is 5.10 Å². The monoisotopic (exact) mass is 461 g/mol. The highest BCUT2D eigenvalue weighted by molar-refractivity contribution is 5.89. The summed E-state index contributed by atoms with van der Waals surface area (Å²) in [4.78, 5) is 14.8. The van der Waals surface area contributed by atoms with Crippen molar-refractivity contribution in [3.8, 4) is 11.3 Å². The van der Waals surface area contributed by atoms with Gasteiger partial charge in [-0.25, -0.2) is 27.7 Å². The van der Waals surface area contributed by atoms with Crippen molar-refractivity contribution in [2.75, 3.05) is 44.9 Å². The molecule has 5 rings (SSSR count). The molecule has 9 nitrogen and oxygen atoms in total. The average molecular weight is 461 g/mol. The maximum atomic E-state index is 12.7. The van der Waals surface area contributed by atoms with Crippen LogP contribution in [0, 0.1) is 0 Å². The van der Waals surface area contributed by atoms with E-state index in [-0.39, 0.29) is 25.5 Å². The number of nitrogens with two attached hydrogens (primary N) is 1. The third kappa shape index (κ3) is 4.85. The third-order valence-electron chi connectivity index (χ3n) is 5.41. The average Bonchev–Trinajstić information content (AvgIpc) is 3.37. The van der Waals surface area contributed by atoms with E-state index in [1.54, 1.807) is 40.6 Å². The van der Waals surface area contributed by atoms with Gasteiger partial charge in [0, 0.05) is 25.2 Å². The molecule has 0 unspecified atom stereocenters. The maximum absolute atomic E-state index is 12.7. The van der Waals surface area contributed by atoms with E-state index in [9.17, 15) is 13.2 Å². The summed E-state index contributed by atoms with van der Waals surface area (Å²) in [6.45, 7) is 0.511. The van der Waals surface area contributed by atoms with Gasteiger partial charge < -0.3 is 20.5 Å². The van der Waals surface area contributed by atoms with Crippen LogP contribution in [0.4, 0.5) is 24.9 Å². The van der Waals surface area contributed by atoms with Gasteiger partial charge in [0.25, 0.3) is 5.92 Å². The number of nitrogen functional groups attached to an aromatic ring is 1. The topological polar surface area (TPSA) is 102 Å². The van der Waals surface area contributed by atoms with Crippen molar-refractivity contribution in [2.24, 2.45) is 0 Å².